The van der Waals surface area contributed by atoms with Gasteiger partial charge in [-0.1, -0.05) is 7.92 Å². The van der Waals surface area contributed by atoms with Crippen LogP contribution in [0.2, 0.25) is 0 Å². The summed E-state index contributed by atoms with van der Waals surface area (Å²) in [6.45, 7) is 4.37. The van der Waals surface area contributed by atoms with Gasteiger partial charge in [0.2, 0.25) is 0 Å². The molecule has 0 amide bonds. The van der Waals surface area contributed by atoms with Crippen molar-refractivity contribution in [3.8, 4) is 5.75 Å². The molecular formula is C18H21N4OPS. The number of nitrogen functional groups attached to an aromatic ring is 1. The molecule has 0 atom stereocenters. The van der Waals surface area contributed by atoms with E-state index in [9.17, 15) is 0 Å². The number of methoxy groups -OCH3 is 1. The van der Waals surface area contributed by atoms with Crippen LogP contribution in [-0.2, 0) is 0 Å². The van der Waals surface area contributed by atoms with Crippen molar-refractivity contribution in [2.24, 2.45) is 5.73 Å². The summed E-state index contributed by atoms with van der Waals surface area (Å²) in [6.07, 6.45) is 1.54. The first-order chi connectivity index (χ1) is 12.0. The van der Waals surface area contributed by atoms with E-state index in [1.807, 2.05) is 29.8 Å². The van der Waals surface area contributed by atoms with Crippen LogP contribution < -0.4 is 26.8 Å². The van der Waals surface area contributed by atoms with Gasteiger partial charge in [-0.05, 0) is 37.6 Å². The molecule has 0 spiro atoms. The molecule has 0 aliphatic heterocycles. The molecule has 3 aromatic rings. The molecule has 5 N–H and O–H groups in total. The number of rotatable bonds is 5. The van der Waals surface area contributed by atoms with Gasteiger partial charge in [-0.3, -0.25) is 0 Å². The van der Waals surface area contributed by atoms with Gasteiger partial charge in [-0.2, -0.15) is 0 Å². The summed E-state index contributed by atoms with van der Waals surface area (Å²) in [4.78, 5) is 4.35. The fourth-order valence-corrected chi connectivity index (χ4v) is 4.26. The van der Waals surface area contributed by atoms with Crippen molar-refractivity contribution in [3.63, 3.8) is 0 Å². The first-order valence-electron chi connectivity index (χ1n) is 7.71. The number of hydrogen-bond acceptors (Lipinski definition) is 6. The number of anilines is 2. The molecule has 0 unspecified atom stereocenters. The van der Waals surface area contributed by atoms with Gasteiger partial charge >= 0.3 is 0 Å². The zero-order chi connectivity index (χ0) is 18.0. The number of nitrogens with one attached hydrogen (secondary N) is 1. The lowest BCUT2D eigenvalue weighted by atomic mass is 10.1. The standard InChI is InChI=1S/C18H21N4OPS/c1-23-16-8-13(20)12(7-17(16)24(2)3)15(9-19)22-11-4-5-18-14(6-11)21-10-25-18/h4-10,22H,19-20H2,1-3H3/b15-9+. The molecule has 0 radical (unpaired) electrons. The van der Waals surface area contributed by atoms with Crippen LogP contribution >= 0.6 is 19.3 Å². The Morgan fingerprint density at radius 3 is 2.76 bits per heavy atom. The SMILES string of the molecule is COc1cc(N)c(/C(=C\N)Nc2ccc3scnc3c2)cc1P(C)C. The maximum atomic E-state index is 6.25. The van der Waals surface area contributed by atoms with E-state index in [1.165, 1.54) is 0 Å². The summed E-state index contributed by atoms with van der Waals surface area (Å²) in [5.74, 6) is 0.817. The summed E-state index contributed by atoms with van der Waals surface area (Å²) in [6, 6.07) is 9.98. The van der Waals surface area contributed by atoms with Crippen molar-refractivity contribution in [3.05, 3.63) is 47.6 Å². The number of hydrogen-bond donors (Lipinski definition) is 3. The first kappa shape index (κ1) is 17.5. The van der Waals surface area contributed by atoms with Crippen molar-refractivity contribution in [2.45, 2.75) is 0 Å². The smallest absolute Gasteiger partial charge is 0.128 e. The molecule has 2 aromatic carbocycles. The average molecular weight is 372 g/mol. The van der Waals surface area contributed by atoms with Gasteiger partial charge in [0, 0.05) is 34.5 Å². The molecule has 0 fully saturated rings. The van der Waals surface area contributed by atoms with Crippen molar-refractivity contribution >= 4 is 51.9 Å². The molecule has 130 valence electrons. The summed E-state index contributed by atoms with van der Waals surface area (Å²) >= 11 is 1.62. The molecule has 5 nitrogen and oxygen atoms in total. The Hall–Kier alpha value is -2.30. The summed E-state index contributed by atoms with van der Waals surface area (Å²) in [5, 5.41) is 4.51. The monoisotopic (exact) mass is 372 g/mol. The van der Waals surface area contributed by atoms with E-state index in [0.717, 1.165) is 38.2 Å². The van der Waals surface area contributed by atoms with Crippen LogP contribution in [-0.4, -0.2) is 25.4 Å². The van der Waals surface area contributed by atoms with Crippen LogP contribution in [0.3, 0.4) is 0 Å². The quantitative estimate of drug-likeness (QED) is 0.470. The van der Waals surface area contributed by atoms with E-state index in [0.29, 0.717) is 5.69 Å². The highest BCUT2D eigenvalue weighted by Gasteiger charge is 2.14. The van der Waals surface area contributed by atoms with Crippen LogP contribution in [0.4, 0.5) is 11.4 Å². The molecular weight excluding hydrogens is 351 g/mol. The average Bonchev–Trinajstić information content (AvgIpc) is 3.07. The van der Waals surface area contributed by atoms with E-state index in [1.54, 1.807) is 24.6 Å². The second kappa shape index (κ2) is 7.30. The van der Waals surface area contributed by atoms with Crippen LogP contribution in [0.1, 0.15) is 5.56 Å². The van der Waals surface area contributed by atoms with Gasteiger partial charge in [0.25, 0.3) is 0 Å². The predicted molar refractivity (Wildman–Crippen MR) is 111 cm³/mol. The Labute approximate surface area is 152 Å². The molecule has 0 bridgehead atoms. The normalized spacial score (nSPS) is 11.9. The fourth-order valence-electron chi connectivity index (χ4n) is 2.62. The number of ether oxygens (including phenoxy) is 1. The zero-order valence-electron chi connectivity index (χ0n) is 14.4. The lowest BCUT2D eigenvalue weighted by Gasteiger charge is -2.18. The first-order valence-corrected chi connectivity index (χ1v) is 10.8. The lowest BCUT2D eigenvalue weighted by molar-refractivity contribution is 0.418. The second-order valence-electron chi connectivity index (χ2n) is 5.75. The fraction of sp³-hybridized carbons (Fsp3) is 0.167. The Bertz CT molecular complexity index is 936. The lowest BCUT2D eigenvalue weighted by Crippen LogP contribution is -2.11. The molecule has 0 saturated carbocycles. The molecule has 25 heavy (non-hydrogen) atoms. The number of nitrogens with zero attached hydrogens (tertiary/aromatic N) is 1. The van der Waals surface area contributed by atoms with E-state index in [2.05, 4.69) is 29.7 Å². The van der Waals surface area contributed by atoms with Crippen LogP contribution in [0.5, 0.6) is 5.75 Å². The van der Waals surface area contributed by atoms with E-state index >= 15 is 0 Å². The van der Waals surface area contributed by atoms with Crippen molar-refractivity contribution in [1.29, 1.82) is 0 Å². The molecule has 3 rings (SSSR count). The van der Waals surface area contributed by atoms with E-state index in [-0.39, 0.29) is 7.92 Å². The van der Waals surface area contributed by atoms with Gasteiger partial charge < -0.3 is 21.5 Å². The minimum atomic E-state index is -0.342. The minimum absolute atomic E-state index is 0.342. The highest BCUT2D eigenvalue weighted by atomic mass is 32.1. The topological polar surface area (TPSA) is 86.2 Å². The van der Waals surface area contributed by atoms with Gasteiger partial charge in [-0.15, -0.1) is 11.3 Å². The Balaban J connectivity index is 1.99. The van der Waals surface area contributed by atoms with E-state index in [4.69, 9.17) is 16.2 Å². The largest absolute Gasteiger partial charge is 0.496 e. The molecule has 1 aromatic heterocycles. The zero-order valence-corrected chi connectivity index (χ0v) is 16.1. The maximum absolute atomic E-state index is 6.25. The van der Waals surface area contributed by atoms with Gasteiger partial charge in [-0.25, -0.2) is 4.98 Å². The van der Waals surface area contributed by atoms with Crippen molar-refractivity contribution in [2.75, 3.05) is 31.5 Å². The number of nitrogens with two attached hydrogens (primary N) is 2. The Kier molecular flexibility index (Phi) is 5.11. The summed E-state index contributed by atoms with van der Waals surface area (Å²) in [7, 11) is 1.32. The Morgan fingerprint density at radius 1 is 1.28 bits per heavy atom. The maximum Gasteiger partial charge on any atom is 0.128 e. The second-order valence-corrected chi connectivity index (χ2v) is 8.90. The minimum Gasteiger partial charge on any atom is -0.496 e. The molecule has 7 heteroatoms. The van der Waals surface area contributed by atoms with Crippen molar-refractivity contribution < 1.29 is 4.74 Å². The van der Waals surface area contributed by atoms with Crippen LogP contribution in [0.25, 0.3) is 15.9 Å². The third-order valence-electron chi connectivity index (χ3n) is 3.90. The number of benzene rings is 2. The highest BCUT2D eigenvalue weighted by molar-refractivity contribution is 7.64. The molecule has 0 aliphatic carbocycles. The third kappa shape index (κ3) is 3.55. The van der Waals surface area contributed by atoms with Crippen LogP contribution in [0, 0.1) is 0 Å². The molecule has 0 aliphatic rings. The van der Waals surface area contributed by atoms with Crippen LogP contribution in [0.15, 0.2) is 42.0 Å². The number of thiazole rings is 1. The summed E-state index contributed by atoms with van der Waals surface area (Å²) < 4.78 is 6.62. The highest BCUT2D eigenvalue weighted by Crippen LogP contribution is 2.34. The molecule has 1 heterocycles. The van der Waals surface area contributed by atoms with E-state index < -0.39 is 0 Å². The predicted octanol–water partition coefficient (Wildman–Crippen LogP) is 3.62. The number of aromatic nitrogens is 1. The third-order valence-corrected chi connectivity index (χ3v) is 6.02. The van der Waals surface area contributed by atoms with Gasteiger partial charge in [0.1, 0.15) is 5.75 Å². The van der Waals surface area contributed by atoms with Crippen molar-refractivity contribution in [1.82, 2.24) is 4.98 Å². The number of fused-ring (bicyclic) bond motifs is 1. The summed E-state index contributed by atoms with van der Waals surface area (Å²) in [5.41, 5.74) is 18.1. The Morgan fingerprint density at radius 2 is 2.08 bits per heavy atom. The van der Waals surface area contributed by atoms with Gasteiger partial charge in [0.15, 0.2) is 0 Å². The molecule has 0 saturated heterocycles. The van der Waals surface area contributed by atoms with Gasteiger partial charge in [0.05, 0.1) is 28.5 Å².